The van der Waals surface area contributed by atoms with Crippen LogP contribution in [0.15, 0.2) is 17.0 Å². The Morgan fingerprint density at radius 2 is 1.95 bits per heavy atom. The Balaban J connectivity index is 0.00000176. The van der Waals surface area contributed by atoms with E-state index in [0.29, 0.717) is 17.1 Å². The lowest BCUT2D eigenvalue weighted by Crippen LogP contribution is -2.51. The van der Waals surface area contributed by atoms with E-state index >= 15 is 0 Å². The summed E-state index contributed by atoms with van der Waals surface area (Å²) in [6.07, 6.45) is 1.81. The molecule has 2 atom stereocenters. The molecule has 124 valence electrons. The number of sulfonamides is 1. The molecule has 0 spiro atoms. The topological polar surface area (TPSA) is 76.7 Å². The Labute approximate surface area is 137 Å². The molecule has 2 aliphatic heterocycles. The summed E-state index contributed by atoms with van der Waals surface area (Å²) >= 11 is 0. The van der Waals surface area contributed by atoms with Crippen molar-refractivity contribution in [3.8, 4) is 11.5 Å². The first-order valence-corrected chi connectivity index (χ1v) is 8.61. The highest BCUT2D eigenvalue weighted by atomic mass is 35.5. The van der Waals surface area contributed by atoms with E-state index in [9.17, 15) is 8.42 Å². The van der Waals surface area contributed by atoms with Gasteiger partial charge in [0.2, 0.25) is 16.8 Å². The van der Waals surface area contributed by atoms with Gasteiger partial charge in [-0.25, -0.2) is 13.1 Å². The van der Waals surface area contributed by atoms with Gasteiger partial charge in [-0.1, -0.05) is 0 Å². The molecule has 22 heavy (non-hydrogen) atoms. The second-order valence-electron chi connectivity index (χ2n) is 5.58. The summed E-state index contributed by atoms with van der Waals surface area (Å²) in [7, 11) is -3.57. The third-order valence-corrected chi connectivity index (χ3v) is 5.66. The lowest BCUT2D eigenvalue weighted by molar-refractivity contribution is 0.174. The van der Waals surface area contributed by atoms with Crippen molar-refractivity contribution in [1.82, 2.24) is 10.0 Å². The van der Waals surface area contributed by atoms with Crippen molar-refractivity contribution in [2.24, 2.45) is 0 Å². The first-order chi connectivity index (χ1) is 9.97. The molecule has 1 aromatic carbocycles. The van der Waals surface area contributed by atoms with Gasteiger partial charge in [0.25, 0.3) is 0 Å². The van der Waals surface area contributed by atoms with E-state index in [2.05, 4.69) is 10.0 Å². The summed E-state index contributed by atoms with van der Waals surface area (Å²) in [6.45, 7) is 4.83. The van der Waals surface area contributed by atoms with Crippen LogP contribution in [0.5, 0.6) is 11.5 Å². The molecule has 0 aliphatic carbocycles. The van der Waals surface area contributed by atoms with Crippen LogP contribution in [0.25, 0.3) is 0 Å². The minimum atomic E-state index is -3.57. The Bertz CT molecular complexity index is 650. The van der Waals surface area contributed by atoms with Crippen molar-refractivity contribution < 1.29 is 17.9 Å². The van der Waals surface area contributed by atoms with Gasteiger partial charge in [-0.05, 0) is 44.9 Å². The molecule has 1 fully saturated rings. The molecule has 0 aromatic heterocycles. The maximum atomic E-state index is 12.6. The van der Waals surface area contributed by atoms with Crippen molar-refractivity contribution in [3.63, 3.8) is 0 Å². The highest BCUT2D eigenvalue weighted by molar-refractivity contribution is 7.89. The lowest BCUT2D eigenvalue weighted by Gasteiger charge is -2.30. The highest BCUT2D eigenvalue weighted by Crippen LogP contribution is 2.36. The van der Waals surface area contributed by atoms with Crippen LogP contribution in [0.2, 0.25) is 0 Å². The monoisotopic (exact) mass is 348 g/mol. The summed E-state index contributed by atoms with van der Waals surface area (Å²) in [5.41, 5.74) is 0.656. The standard InChI is InChI=1S/C14H20N2O4S.ClH/c1-9-6-12-13(20-8-19-12)7-14(9)21(17,18)16-11-4-3-5-15-10(11)2;/h6-7,10-11,15-16H,3-5,8H2,1-2H3;1H. The fourth-order valence-corrected chi connectivity index (χ4v) is 4.37. The number of halogens is 1. The van der Waals surface area contributed by atoms with Crippen LogP contribution in [0.4, 0.5) is 0 Å². The normalized spacial score (nSPS) is 23.9. The number of ether oxygens (including phenoxy) is 2. The number of benzene rings is 1. The molecule has 8 heteroatoms. The largest absolute Gasteiger partial charge is 0.454 e. The minimum Gasteiger partial charge on any atom is -0.454 e. The number of nitrogens with one attached hydrogen (secondary N) is 2. The number of fused-ring (bicyclic) bond motifs is 1. The molecule has 1 saturated heterocycles. The average Bonchev–Trinajstić information content (AvgIpc) is 2.87. The van der Waals surface area contributed by atoms with Gasteiger partial charge < -0.3 is 14.8 Å². The fraction of sp³-hybridized carbons (Fsp3) is 0.571. The van der Waals surface area contributed by atoms with E-state index in [4.69, 9.17) is 9.47 Å². The van der Waals surface area contributed by atoms with Gasteiger partial charge in [-0.3, -0.25) is 0 Å². The SMILES string of the molecule is Cc1cc2c(cc1S(=O)(=O)NC1CCCNC1C)OCO2.Cl. The van der Waals surface area contributed by atoms with E-state index < -0.39 is 10.0 Å². The van der Waals surface area contributed by atoms with Gasteiger partial charge in [-0.2, -0.15) is 0 Å². The summed E-state index contributed by atoms with van der Waals surface area (Å²) in [5, 5.41) is 3.29. The van der Waals surface area contributed by atoms with Gasteiger partial charge in [0, 0.05) is 18.2 Å². The molecule has 3 rings (SSSR count). The van der Waals surface area contributed by atoms with Crippen molar-refractivity contribution >= 4 is 22.4 Å². The number of hydrogen-bond acceptors (Lipinski definition) is 5. The van der Waals surface area contributed by atoms with Crippen molar-refractivity contribution in [1.29, 1.82) is 0 Å². The number of hydrogen-bond donors (Lipinski definition) is 2. The third-order valence-electron chi connectivity index (χ3n) is 4.03. The van der Waals surface area contributed by atoms with Gasteiger partial charge in [-0.15, -0.1) is 12.4 Å². The number of rotatable bonds is 3. The Morgan fingerprint density at radius 1 is 1.27 bits per heavy atom. The van der Waals surface area contributed by atoms with Crippen molar-refractivity contribution in [2.75, 3.05) is 13.3 Å². The Morgan fingerprint density at radius 3 is 2.64 bits per heavy atom. The lowest BCUT2D eigenvalue weighted by atomic mass is 10.0. The molecule has 2 unspecified atom stereocenters. The maximum absolute atomic E-state index is 12.6. The summed E-state index contributed by atoms with van der Waals surface area (Å²) in [4.78, 5) is 0.254. The van der Waals surface area contributed by atoms with Gasteiger partial charge in [0.1, 0.15) is 0 Å². The number of piperidine rings is 1. The van der Waals surface area contributed by atoms with Crippen LogP contribution in [0.1, 0.15) is 25.3 Å². The van der Waals surface area contributed by atoms with E-state index in [0.717, 1.165) is 19.4 Å². The summed E-state index contributed by atoms with van der Waals surface area (Å²) in [6, 6.07) is 3.29. The predicted octanol–water partition coefficient (Wildman–Crippen LogP) is 1.56. The van der Waals surface area contributed by atoms with E-state index in [1.54, 1.807) is 19.1 Å². The van der Waals surface area contributed by atoms with Gasteiger partial charge in [0.15, 0.2) is 11.5 Å². The molecule has 0 radical (unpaired) electrons. The van der Waals surface area contributed by atoms with Crippen LogP contribution in [0, 0.1) is 6.92 Å². The van der Waals surface area contributed by atoms with E-state index in [1.807, 2.05) is 6.92 Å². The maximum Gasteiger partial charge on any atom is 0.241 e. The van der Waals surface area contributed by atoms with Crippen LogP contribution in [-0.4, -0.2) is 33.8 Å². The molecular formula is C14H21ClN2O4S. The zero-order chi connectivity index (χ0) is 15.0. The average molecular weight is 349 g/mol. The van der Waals surface area contributed by atoms with Crippen LogP contribution < -0.4 is 19.5 Å². The fourth-order valence-electron chi connectivity index (χ4n) is 2.78. The number of aryl methyl sites for hydroxylation is 1. The molecule has 0 saturated carbocycles. The van der Waals surface area contributed by atoms with Crippen molar-refractivity contribution in [3.05, 3.63) is 17.7 Å². The first kappa shape index (κ1) is 17.3. The molecule has 0 bridgehead atoms. The Kier molecular flexibility index (Phi) is 5.21. The molecule has 2 N–H and O–H groups in total. The predicted molar refractivity (Wildman–Crippen MR) is 85.4 cm³/mol. The minimum absolute atomic E-state index is 0. The Hall–Kier alpha value is -1.02. The second-order valence-corrected chi connectivity index (χ2v) is 7.27. The van der Waals surface area contributed by atoms with E-state index in [1.165, 1.54) is 0 Å². The van der Waals surface area contributed by atoms with Crippen LogP contribution >= 0.6 is 12.4 Å². The third kappa shape index (κ3) is 3.32. The van der Waals surface area contributed by atoms with Gasteiger partial charge >= 0.3 is 0 Å². The summed E-state index contributed by atoms with van der Waals surface area (Å²) < 4.78 is 38.6. The molecular weight excluding hydrogens is 328 g/mol. The second kappa shape index (κ2) is 6.62. The molecule has 2 aliphatic rings. The summed E-state index contributed by atoms with van der Waals surface area (Å²) in [5.74, 6) is 1.08. The molecule has 6 nitrogen and oxygen atoms in total. The molecule has 1 aromatic rings. The van der Waals surface area contributed by atoms with Gasteiger partial charge in [0.05, 0.1) is 4.90 Å². The highest BCUT2D eigenvalue weighted by Gasteiger charge is 2.29. The zero-order valence-corrected chi connectivity index (χ0v) is 14.2. The quantitative estimate of drug-likeness (QED) is 0.867. The molecule has 2 heterocycles. The van der Waals surface area contributed by atoms with Crippen molar-refractivity contribution in [2.45, 2.75) is 43.7 Å². The smallest absolute Gasteiger partial charge is 0.241 e. The zero-order valence-electron chi connectivity index (χ0n) is 12.6. The van der Waals surface area contributed by atoms with Crippen LogP contribution in [-0.2, 0) is 10.0 Å². The molecule has 0 amide bonds. The van der Waals surface area contributed by atoms with Crippen LogP contribution in [0.3, 0.4) is 0 Å². The van der Waals surface area contributed by atoms with E-state index in [-0.39, 0.29) is 36.2 Å². The first-order valence-electron chi connectivity index (χ1n) is 7.13.